The van der Waals surface area contributed by atoms with Crippen LogP contribution in [0.4, 0.5) is 13.2 Å². The molecular weight excluding hydrogens is 612 g/mol. The molecule has 4 rings (SSSR count). The number of halogens is 5. The van der Waals surface area contributed by atoms with Gasteiger partial charge in [0.05, 0.1) is 30.5 Å². The fourth-order valence-electron chi connectivity index (χ4n) is 5.06. The van der Waals surface area contributed by atoms with Gasteiger partial charge in [-0.15, -0.1) is 0 Å². The third-order valence-corrected chi connectivity index (χ3v) is 8.19. The van der Waals surface area contributed by atoms with Gasteiger partial charge in [-0.25, -0.2) is 5.01 Å². The van der Waals surface area contributed by atoms with Crippen LogP contribution in [-0.2, 0) is 25.7 Å². The number of amides is 3. The van der Waals surface area contributed by atoms with E-state index in [-0.39, 0.29) is 38.4 Å². The lowest BCUT2D eigenvalue weighted by molar-refractivity contribution is -0.187. The molecule has 1 fully saturated rings. The molecule has 2 unspecified atom stereocenters. The molecule has 4 atom stereocenters. The van der Waals surface area contributed by atoms with E-state index in [0.717, 1.165) is 6.92 Å². The minimum atomic E-state index is -4.71. The van der Waals surface area contributed by atoms with Crippen molar-refractivity contribution in [1.29, 1.82) is 0 Å². The summed E-state index contributed by atoms with van der Waals surface area (Å²) in [6, 6.07) is 0.660. The standard InChI is InChI=1S/C28H33Cl2F3N6O4/c1-16(28(31,32)33)39-25(42)27(21-6-4-5-10-35-21)15-38(11-9-22(27)37-39)23(40)20(36-24(41)26(2,3)34)14-43-13-17-7-8-18(29)12-19(17)30/h4-8,10,12,16,20-21,35H,9,11,13-15,34H2,1-3H3,(H,36,41)/t16-,20?,21?,27+/m1/s1. The number of hydrazone groups is 1. The van der Waals surface area contributed by atoms with Crippen LogP contribution in [0.5, 0.6) is 0 Å². The number of benzene rings is 1. The maximum Gasteiger partial charge on any atom is 0.410 e. The number of ether oxygens (including phenoxy) is 1. The number of likely N-dealkylation sites (tertiary alicyclic amines) is 1. The molecule has 10 nitrogen and oxygen atoms in total. The van der Waals surface area contributed by atoms with Crippen LogP contribution in [0.2, 0.25) is 10.0 Å². The number of rotatable bonds is 9. The van der Waals surface area contributed by atoms with Gasteiger partial charge in [-0.05, 0) is 50.7 Å². The van der Waals surface area contributed by atoms with E-state index >= 15 is 0 Å². The summed E-state index contributed by atoms with van der Waals surface area (Å²) in [6.07, 6.45) is 1.89. The first kappa shape index (κ1) is 32.8. The average Bonchev–Trinajstić information content (AvgIpc) is 3.24. The molecule has 0 bridgehead atoms. The minimum absolute atomic E-state index is 0.00564. The Morgan fingerprint density at radius 1 is 1.28 bits per heavy atom. The Hall–Kier alpha value is -3.13. The molecule has 4 N–H and O–H groups in total. The number of nitrogens with two attached hydrogens (primary N) is 1. The van der Waals surface area contributed by atoms with Gasteiger partial charge in [-0.3, -0.25) is 14.4 Å². The van der Waals surface area contributed by atoms with Gasteiger partial charge in [0.15, 0.2) is 0 Å². The van der Waals surface area contributed by atoms with Crippen LogP contribution >= 0.6 is 23.2 Å². The fourth-order valence-corrected chi connectivity index (χ4v) is 5.53. The van der Waals surface area contributed by atoms with Crippen molar-refractivity contribution in [1.82, 2.24) is 20.5 Å². The van der Waals surface area contributed by atoms with E-state index in [4.69, 9.17) is 33.7 Å². The second-order valence-corrected chi connectivity index (χ2v) is 12.1. The number of alkyl halides is 3. The predicted octanol–water partition coefficient (Wildman–Crippen LogP) is 3.14. The van der Waals surface area contributed by atoms with Crippen LogP contribution in [0.25, 0.3) is 0 Å². The monoisotopic (exact) mass is 644 g/mol. The van der Waals surface area contributed by atoms with E-state index in [2.05, 4.69) is 15.7 Å². The molecule has 0 spiro atoms. The van der Waals surface area contributed by atoms with Crippen molar-refractivity contribution in [2.45, 2.75) is 63.6 Å². The van der Waals surface area contributed by atoms with Gasteiger partial charge in [0.25, 0.3) is 5.91 Å². The number of allylic oxidation sites excluding steroid dienone is 2. The van der Waals surface area contributed by atoms with Crippen LogP contribution in [0, 0.1) is 5.41 Å². The molecule has 1 aromatic rings. The van der Waals surface area contributed by atoms with Gasteiger partial charge in [-0.2, -0.15) is 18.3 Å². The van der Waals surface area contributed by atoms with E-state index in [0.29, 0.717) is 20.6 Å². The summed E-state index contributed by atoms with van der Waals surface area (Å²) in [5.74, 6) is -2.10. The van der Waals surface area contributed by atoms with Gasteiger partial charge >= 0.3 is 6.18 Å². The lowest BCUT2D eigenvalue weighted by Gasteiger charge is -2.44. The molecule has 15 heteroatoms. The number of carbonyl (C=O) groups excluding carboxylic acids is 3. The minimum Gasteiger partial charge on any atom is -0.383 e. The lowest BCUT2D eigenvalue weighted by atomic mass is 9.71. The topological polar surface area (TPSA) is 129 Å². The Kier molecular flexibility index (Phi) is 9.50. The highest BCUT2D eigenvalue weighted by Crippen LogP contribution is 2.42. The summed E-state index contributed by atoms with van der Waals surface area (Å²) in [5, 5.41) is 11.0. The van der Waals surface area contributed by atoms with Crippen LogP contribution < -0.4 is 16.4 Å². The molecule has 43 heavy (non-hydrogen) atoms. The van der Waals surface area contributed by atoms with Gasteiger partial charge in [0.2, 0.25) is 11.8 Å². The van der Waals surface area contributed by atoms with Crippen LogP contribution in [0.1, 0.15) is 32.8 Å². The zero-order valence-electron chi connectivity index (χ0n) is 23.8. The quantitative estimate of drug-likeness (QED) is 0.379. The zero-order valence-corrected chi connectivity index (χ0v) is 25.3. The molecule has 3 heterocycles. The van der Waals surface area contributed by atoms with Crippen molar-refractivity contribution < 1.29 is 32.3 Å². The summed E-state index contributed by atoms with van der Waals surface area (Å²) in [6.45, 7) is 3.30. The first-order valence-corrected chi connectivity index (χ1v) is 14.3. The third kappa shape index (κ3) is 6.84. The van der Waals surface area contributed by atoms with Crippen molar-refractivity contribution in [3.8, 4) is 0 Å². The van der Waals surface area contributed by atoms with Crippen molar-refractivity contribution in [3.05, 3.63) is 58.2 Å². The molecule has 0 aromatic heterocycles. The molecule has 3 aliphatic heterocycles. The molecule has 0 saturated carbocycles. The smallest absolute Gasteiger partial charge is 0.383 e. The first-order valence-electron chi connectivity index (χ1n) is 13.5. The molecule has 1 aromatic carbocycles. The number of nitrogens with one attached hydrogen (secondary N) is 2. The number of nitrogens with zero attached hydrogens (tertiary/aromatic N) is 3. The van der Waals surface area contributed by atoms with Crippen LogP contribution in [0.3, 0.4) is 0 Å². The molecule has 1 saturated heterocycles. The van der Waals surface area contributed by atoms with Crippen molar-refractivity contribution in [3.63, 3.8) is 0 Å². The zero-order chi connectivity index (χ0) is 31.7. The maximum atomic E-state index is 14.0. The molecule has 0 aliphatic carbocycles. The summed E-state index contributed by atoms with van der Waals surface area (Å²) >= 11 is 12.2. The molecule has 3 amide bonds. The highest BCUT2D eigenvalue weighted by atomic mass is 35.5. The molecule has 3 aliphatic rings. The van der Waals surface area contributed by atoms with Crippen molar-refractivity contribution >= 4 is 46.6 Å². The van der Waals surface area contributed by atoms with E-state index in [1.807, 2.05) is 0 Å². The molecular formula is C28H33Cl2F3N6O4. The maximum absolute atomic E-state index is 14.0. The number of piperidine rings is 1. The van der Waals surface area contributed by atoms with Crippen molar-refractivity contribution in [2.24, 2.45) is 16.3 Å². The Balaban J connectivity index is 1.60. The normalized spacial score (nSPS) is 23.4. The van der Waals surface area contributed by atoms with E-state index in [9.17, 15) is 27.6 Å². The lowest BCUT2D eigenvalue weighted by Crippen LogP contribution is -2.65. The largest absolute Gasteiger partial charge is 0.410 e. The van der Waals surface area contributed by atoms with E-state index in [1.165, 1.54) is 18.7 Å². The van der Waals surface area contributed by atoms with Crippen molar-refractivity contribution in [2.75, 3.05) is 19.7 Å². The molecule has 0 radical (unpaired) electrons. The van der Waals surface area contributed by atoms with Gasteiger partial charge < -0.3 is 26.0 Å². The van der Waals surface area contributed by atoms with Gasteiger partial charge in [0, 0.05) is 29.6 Å². The highest BCUT2D eigenvalue weighted by Gasteiger charge is 2.61. The Morgan fingerprint density at radius 2 is 2.00 bits per heavy atom. The summed E-state index contributed by atoms with van der Waals surface area (Å²) in [7, 11) is 0. The molecule has 234 valence electrons. The number of dihydropyridines is 1. The van der Waals surface area contributed by atoms with E-state index in [1.54, 1.807) is 42.6 Å². The SMILES string of the molecule is C[C@@H](N1N=C2CCN(C(=O)C(COCc3ccc(Cl)cc3Cl)NC(=O)C(C)(C)N)C[C@@]2(C2C=CC=CN2)C1=O)C(F)(F)F. The Bertz CT molecular complexity index is 1360. The summed E-state index contributed by atoms with van der Waals surface area (Å²) in [4.78, 5) is 42.0. The summed E-state index contributed by atoms with van der Waals surface area (Å²) < 4.78 is 46.8. The number of hydrogen-bond acceptors (Lipinski definition) is 7. The van der Waals surface area contributed by atoms with Crippen LogP contribution in [0.15, 0.2) is 47.7 Å². The van der Waals surface area contributed by atoms with Gasteiger partial charge in [-0.1, -0.05) is 41.4 Å². The number of carbonyl (C=O) groups is 3. The second kappa shape index (κ2) is 12.5. The highest BCUT2D eigenvalue weighted by molar-refractivity contribution is 6.35. The average molecular weight is 646 g/mol. The third-order valence-electron chi connectivity index (χ3n) is 7.61. The second-order valence-electron chi connectivity index (χ2n) is 11.3. The predicted molar refractivity (Wildman–Crippen MR) is 155 cm³/mol. The summed E-state index contributed by atoms with van der Waals surface area (Å²) in [5.41, 5.74) is 3.86. The van der Waals surface area contributed by atoms with E-state index < -0.39 is 53.0 Å². The Morgan fingerprint density at radius 3 is 2.60 bits per heavy atom. The number of fused-ring (bicyclic) bond motifs is 1. The number of hydrogen-bond donors (Lipinski definition) is 3. The first-order chi connectivity index (χ1) is 20.1. The Labute approximate surface area is 257 Å². The van der Waals surface area contributed by atoms with Gasteiger partial charge in [0.1, 0.15) is 17.5 Å². The van der Waals surface area contributed by atoms with Crippen LogP contribution in [-0.4, -0.2) is 82.9 Å². The fraction of sp³-hybridized carbons (Fsp3) is 0.500.